The first-order chi connectivity index (χ1) is 28.8. The molecule has 1 heterocycles. The molecule has 0 aromatic heterocycles. The van der Waals surface area contributed by atoms with Crippen LogP contribution in [0.5, 0.6) is 0 Å². The Labute approximate surface area is 366 Å². The summed E-state index contributed by atoms with van der Waals surface area (Å²) >= 11 is 0. The van der Waals surface area contributed by atoms with Gasteiger partial charge in [0.1, 0.15) is 31.0 Å². The highest BCUT2D eigenvalue weighted by Gasteiger charge is 2.59. The molecule has 0 radical (unpaired) electrons. The maximum absolute atomic E-state index is 12.6. The number of hydrogen-bond donors (Lipinski definition) is 3. The number of carbonyl (C=O) groups is 1. The molecule has 4 aliphatic carbocycles. The average molecular weight is 837 g/mol. The van der Waals surface area contributed by atoms with E-state index in [1.165, 1.54) is 88.2 Å². The van der Waals surface area contributed by atoms with Crippen molar-refractivity contribution in [1.29, 1.82) is 0 Å². The second kappa shape index (κ2) is 23.8. The summed E-state index contributed by atoms with van der Waals surface area (Å²) in [6.07, 6.45) is 31.7. The van der Waals surface area contributed by atoms with Crippen molar-refractivity contribution in [3.05, 3.63) is 48.1 Å². The Hall–Kier alpha value is -1.77. The van der Waals surface area contributed by atoms with E-state index in [0.717, 1.165) is 82.0 Å². The van der Waals surface area contributed by atoms with Crippen LogP contribution in [0.3, 0.4) is 0 Å². The van der Waals surface area contributed by atoms with Crippen LogP contribution >= 0.6 is 0 Å². The van der Waals surface area contributed by atoms with Gasteiger partial charge in [0.15, 0.2) is 6.29 Å². The van der Waals surface area contributed by atoms with Gasteiger partial charge in [-0.1, -0.05) is 134 Å². The van der Waals surface area contributed by atoms with Gasteiger partial charge in [0, 0.05) is 6.42 Å². The monoisotopic (exact) mass is 837 g/mol. The molecule has 3 N–H and O–H groups in total. The van der Waals surface area contributed by atoms with E-state index in [2.05, 4.69) is 78.5 Å². The van der Waals surface area contributed by atoms with Crippen molar-refractivity contribution in [2.75, 3.05) is 6.61 Å². The SMILES string of the molecule is C=C(C)[C@H](/C=C/[C@@H](C)[C@H]1CC[C@H]2[C@@H]3CC=C4C[C@@H](O[C@@H]5O[C@H](COC(=O)CCCCCCC/C=C\CCCCCCCC)[C@@H](O)[C@H](O)[C@H]5O)CC[C@]4(C)[C@H]3CC[C@]12C)CC. The maximum Gasteiger partial charge on any atom is 0.305 e. The molecule has 0 bridgehead atoms. The molecule has 342 valence electrons. The molecule has 0 aromatic rings. The van der Waals surface area contributed by atoms with Crippen LogP contribution in [0.1, 0.15) is 189 Å². The lowest BCUT2D eigenvalue weighted by Crippen LogP contribution is -2.60. The molecular formula is C53H88O7. The fraction of sp³-hybridized carbons (Fsp3) is 0.830. The van der Waals surface area contributed by atoms with Crippen molar-refractivity contribution < 1.29 is 34.3 Å². The molecule has 5 aliphatic rings. The van der Waals surface area contributed by atoms with Gasteiger partial charge >= 0.3 is 5.97 Å². The molecule has 14 atom stereocenters. The van der Waals surface area contributed by atoms with E-state index in [4.69, 9.17) is 14.2 Å². The van der Waals surface area contributed by atoms with Crippen LogP contribution in [0.4, 0.5) is 0 Å². The van der Waals surface area contributed by atoms with Crippen LogP contribution in [0.15, 0.2) is 48.1 Å². The highest BCUT2D eigenvalue weighted by atomic mass is 16.7. The van der Waals surface area contributed by atoms with E-state index in [0.29, 0.717) is 29.6 Å². The number of carbonyl (C=O) groups excluding carboxylic acids is 1. The number of unbranched alkanes of at least 4 members (excludes halogenated alkanes) is 11. The lowest BCUT2D eigenvalue weighted by molar-refractivity contribution is -0.313. The van der Waals surface area contributed by atoms with E-state index in [9.17, 15) is 20.1 Å². The predicted octanol–water partition coefficient (Wildman–Crippen LogP) is 12.1. The van der Waals surface area contributed by atoms with Gasteiger partial charge in [0.2, 0.25) is 0 Å². The predicted molar refractivity (Wildman–Crippen MR) is 244 cm³/mol. The lowest BCUT2D eigenvalue weighted by atomic mass is 9.47. The van der Waals surface area contributed by atoms with Crippen molar-refractivity contribution in [3.63, 3.8) is 0 Å². The lowest BCUT2D eigenvalue weighted by Gasteiger charge is -2.58. The fourth-order valence-corrected chi connectivity index (χ4v) is 12.7. The van der Waals surface area contributed by atoms with Gasteiger partial charge in [0.05, 0.1) is 6.10 Å². The molecule has 7 heteroatoms. The van der Waals surface area contributed by atoms with Crippen LogP contribution in [-0.2, 0) is 19.0 Å². The Balaban J connectivity index is 1.03. The average Bonchev–Trinajstić information content (AvgIpc) is 3.59. The third-order valence-corrected chi connectivity index (χ3v) is 16.5. The molecule has 1 aliphatic heterocycles. The minimum Gasteiger partial charge on any atom is -0.463 e. The third-order valence-electron chi connectivity index (χ3n) is 16.5. The first-order valence-electron chi connectivity index (χ1n) is 25.0. The van der Waals surface area contributed by atoms with Crippen molar-refractivity contribution in [1.82, 2.24) is 0 Å². The zero-order valence-corrected chi connectivity index (χ0v) is 39.0. The molecule has 1 saturated heterocycles. The fourth-order valence-electron chi connectivity index (χ4n) is 12.7. The Bertz CT molecular complexity index is 1420. The largest absolute Gasteiger partial charge is 0.463 e. The van der Waals surface area contributed by atoms with Crippen molar-refractivity contribution in [2.24, 2.45) is 46.3 Å². The standard InChI is InChI=1S/C53H88O7/c1-8-10-11-12-13-14-15-16-17-18-19-20-21-22-23-24-47(54)58-36-46-48(55)49(56)50(57)51(60-46)59-41-31-33-52(6)40(35-41)27-28-42-44-30-29-43(53(44,7)34-32-45(42)52)38(5)25-26-39(9-2)37(3)4/h16-17,25-27,38-39,41-46,48-51,55-57H,3,8-15,18-24,28-36H2,1-2,4-7H3/b17-16-,26-25+/t38-,39+,41+,42+,43-,44+,45+,46-,48-,49+,50-,51-,52+,53-/m1/s1. The van der Waals surface area contributed by atoms with Crippen molar-refractivity contribution in [3.8, 4) is 0 Å². The number of esters is 1. The Morgan fingerprint density at radius 2 is 1.55 bits per heavy atom. The van der Waals surface area contributed by atoms with Gasteiger partial charge in [0.25, 0.3) is 0 Å². The summed E-state index contributed by atoms with van der Waals surface area (Å²) in [6.45, 7) is 18.3. The van der Waals surface area contributed by atoms with Gasteiger partial charge < -0.3 is 29.5 Å². The van der Waals surface area contributed by atoms with E-state index in [1.807, 2.05) is 0 Å². The minimum atomic E-state index is -1.45. The topological polar surface area (TPSA) is 105 Å². The maximum atomic E-state index is 12.6. The molecule has 0 amide bonds. The number of aliphatic hydroxyl groups is 3. The highest BCUT2D eigenvalue weighted by molar-refractivity contribution is 5.69. The number of hydrogen-bond acceptors (Lipinski definition) is 7. The van der Waals surface area contributed by atoms with E-state index in [-0.39, 0.29) is 24.1 Å². The molecule has 0 unspecified atom stereocenters. The summed E-state index contributed by atoms with van der Waals surface area (Å²) in [4.78, 5) is 12.6. The zero-order valence-electron chi connectivity index (χ0n) is 39.0. The smallest absolute Gasteiger partial charge is 0.305 e. The summed E-state index contributed by atoms with van der Waals surface area (Å²) in [7, 11) is 0. The summed E-state index contributed by atoms with van der Waals surface area (Å²) in [6, 6.07) is 0. The van der Waals surface area contributed by atoms with Crippen molar-refractivity contribution in [2.45, 2.75) is 226 Å². The molecular weight excluding hydrogens is 749 g/mol. The first-order valence-corrected chi connectivity index (χ1v) is 25.0. The highest BCUT2D eigenvalue weighted by Crippen LogP contribution is 2.67. The number of aliphatic hydroxyl groups excluding tert-OH is 3. The molecule has 3 saturated carbocycles. The van der Waals surface area contributed by atoms with E-state index >= 15 is 0 Å². The quantitative estimate of drug-likeness (QED) is 0.0505. The second-order valence-electron chi connectivity index (χ2n) is 20.6. The normalized spacial score (nSPS) is 36.4. The summed E-state index contributed by atoms with van der Waals surface area (Å²) < 4.78 is 18.0. The first kappa shape index (κ1) is 49.2. The Morgan fingerprint density at radius 1 is 0.867 bits per heavy atom. The molecule has 0 spiro atoms. The minimum absolute atomic E-state index is 0.145. The van der Waals surface area contributed by atoms with E-state index < -0.39 is 30.7 Å². The van der Waals surface area contributed by atoms with Crippen LogP contribution in [-0.4, -0.2) is 64.7 Å². The summed E-state index contributed by atoms with van der Waals surface area (Å²) in [5.41, 5.74) is 3.26. The van der Waals surface area contributed by atoms with Crippen LogP contribution in [0, 0.1) is 46.3 Å². The second-order valence-corrected chi connectivity index (χ2v) is 20.6. The molecule has 5 rings (SSSR count). The zero-order chi connectivity index (χ0) is 43.3. The number of fused-ring (bicyclic) bond motifs is 5. The van der Waals surface area contributed by atoms with Crippen LogP contribution in [0.2, 0.25) is 0 Å². The Kier molecular flexibility index (Phi) is 19.5. The van der Waals surface area contributed by atoms with E-state index in [1.54, 1.807) is 0 Å². The van der Waals surface area contributed by atoms with Crippen LogP contribution < -0.4 is 0 Å². The van der Waals surface area contributed by atoms with Crippen molar-refractivity contribution >= 4 is 5.97 Å². The van der Waals surface area contributed by atoms with Gasteiger partial charge in [-0.3, -0.25) is 4.79 Å². The van der Waals surface area contributed by atoms with Gasteiger partial charge in [-0.15, -0.1) is 0 Å². The summed E-state index contributed by atoms with van der Waals surface area (Å²) in [5.74, 6) is 3.60. The molecule has 4 fully saturated rings. The number of allylic oxidation sites excluding steroid dienone is 6. The van der Waals surface area contributed by atoms with Gasteiger partial charge in [-0.05, 0) is 143 Å². The van der Waals surface area contributed by atoms with Crippen LogP contribution in [0.25, 0.3) is 0 Å². The number of ether oxygens (including phenoxy) is 3. The summed E-state index contributed by atoms with van der Waals surface area (Å²) in [5, 5.41) is 32.5. The third kappa shape index (κ3) is 12.5. The van der Waals surface area contributed by atoms with Gasteiger partial charge in [-0.25, -0.2) is 0 Å². The molecule has 7 nitrogen and oxygen atoms in total. The molecule has 0 aromatic carbocycles. The van der Waals surface area contributed by atoms with Gasteiger partial charge in [-0.2, -0.15) is 0 Å². The number of rotatable bonds is 24. The Morgan fingerprint density at radius 3 is 2.23 bits per heavy atom. The molecule has 60 heavy (non-hydrogen) atoms.